The average Bonchev–Trinajstić information content (AvgIpc) is 3.07. The molecule has 5 rings (SSSR count). The summed E-state index contributed by atoms with van der Waals surface area (Å²) in [6, 6.07) is 17.0. The van der Waals surface area contributed by atoms with E-state index in [1.807, 2.05) is 11.3 Å². The number of hydrogen-bond donors (Lipinski definition) is 0. The molecule has 0 atom stereocenters. The summed E-state index contributed by atoms with van der Waals surface area (Å²) >= 11 is 5.57. The number of hydrogen-bond acceptors (Lipinski definition) is 2. The normalized spacial score (nSPS) is 12.1. The number of benzene rings is 3. The van der Waals surface area contributed by atoms with Gasteiger partial charge in [-0.15, -0.1) is 11.3 Å². The number of furan rings is 1. The van der Waals surface area contributed by atoms with E-state index in [0.29, 0.717) is 0 Å². The Hall–Kier alpha value is -1.84. The van der Waals surface area contributed by atoms with Gasteiger partial charge in [-0.25, -0.2) is 0 Å². The first-order chi connectivity index (χ1) is 10.7. The minimum Gasteiger partial charge on any atom is -0.455 e. The van der Waals surface area contributed by atoms with Crippen LogP contribution in [-0.2, 0) is 0 Å². The molecule has 0 aliphatic carbocycles. The van der Waals surface area contributed by atoms with E-state index in [1.165, 1.54) is 36.5 Å². The molecule has 5 aromatic rings. The highest BCUT2D eigenvalue weighted by molar-refractivity contribution is 9.10. The highest BCUT2D eigenvalue weighted by atomic mass is 79.9. The van der Waals surface area contributed by atoms with Crippen LogP contribution >= 0.6 is 27.3 Å². The van der Waals surface area contributed by atoms with Gasteiger partial charge in [-0.3, -0.25) is 0 Å². The van der Waals surface area contributed by atoms with E-state index in [-0.39, 0.29) is 0 Å². The molecule has 2 heterocycles. The van der Waals surface area contributed by atoms with Crippen molar-refractivity contribution >= 4 is 69.4 Å². The molecule has 1 nitrogen and oxygen atoms in total. The van der Waals surface area contributed by atoms with Gasteiger partial charge in [-0.05, 0) is 46.6 Å². The Morgan fingerprint density at radius 2 is 1.82 bits per heavy atom. The standard InChI is InChI=1S/C19H11BrOS/c1-10-5-4-7-14-16(10)12-9-13(20)19-17(18(12)21-14)11-6-2-3-8-15(11)22-19/h2-9H,1H3. The Bertz CT molecular complexity index is 1200. The largest absolute Gasteiger partial charge is 0.455 e. The van der Waals surface area contributed by atoms with Gasteiger partial charge in [-0.1, -0.05) is 30.3 Å². The van der Waals surface area contributed by atoms with E-state index in [0.717, 1.165) is 15.6 Å². The minimum absolute atomic E-state index is 0.963. The summed E-state index contributed by atoms with van der Waals surface area (Å²) in [6.07, 6.45) is 0. The second kappa shape index (κ2) is 4.34. The fraction of sp³-hybridized carbons (Fsp3) is 0.0526. The van der Waals surface area contributed by atoms with Gasteiger partial charge in [-0.2, -0.15) is 0 Å². The van der Waals surface area contributed by atoms with Gasteiger partial charge in [0.05, 0.1) is 4.70 Å². The van der Waals surface area contributed by atoms with E-state index in [9.17, 15) is 0 Å². The Kier molecular flexibility index (Phi) is 2.50. The van der Waals surface area contributed by atoms with Crippen LogP contribution in [0.15, 0.2) is 57.4 Å². The van der Waals surface area contributed by atoms with Crippen LogP contribution in [-0.4, -0.2) is 0 Å². The summed E-state index contributed by atoms with van der Waals surface area (Å²) in [4.78, 5) is 0. The van der Waals surface area contributed by atoms with Crippen LogP contribution < -0.4 is 0 Å². The molecule has 0 unspecified atom stereocenters. The van der Waals surface area contributed by atoms with E-state index in [1.54, 1.807) is 0 Å². The maximum atomic E-state index is 6.25. The molecule has 22 heavy (non-hydrogen) atoms. The average molecular weight is 367 g/mol. The molecule has 0 radical (unpaired) electrons. The lowest BCUT2D eigenvalue weighted by Crippen LogP contribution is -1.74. The van der Waals surface area contributed by atoms with Crippen LogP contribution in [0.2, 0.25) is 0 Å². The molecule has 0 saturated heterocycles. The molecule has 0 aliphatic heterocycles. The lowest BCUT2D eigenvalue weighted by molar-refractivity contribution is 0.673. The molecule has 0 fully saturated rings. The molecule has 106 valence electrons. The van der Waals surface area contributed by atoms with Gasteiger partial charge < -0.3 is 4.42 Å². The van der Waals surface area contributed by atoms with Crippen LogP contribution in [0.4, 0.5) is 0 Å². The van der Waals surface area contributed by atoms with E-state index < -0.39 is 0 Å². The number of thiophene rings is 1. The third-order valence-corrected chi connectivity index (χ3v) is 6.36. The second-order valence-corrected chi connectivity index (χ2v) is 7.49. The monoisotopic (exact) mass is 366 g/mol. The molecular weight excluding hydrogens is 356 g/mol. The predicted molar refractivity (Wildman–Crippen MR) is 99.0 cm³/mol. The molecule has 0 saturated carbocycles. The van der Waals surface area contributed by atoms with E-state index >= 15 is 0 Å². The third kappa shape index (κ3) is 1.53. The third-order valence-electron chi connectivity index (χ3n) is 4.27. The number of aryl methyl sites for hydroxylation is 1. The summed E-state index contributed by atoms with van der Waals surface area (Å²) in [5.74, 6) is 0. The fourth-order valence-corrected chi connectivity index (χ4v) is 5.08. The van der Waals surface area contributed by atoms with Crippen LogP contribution in [0.25, 0.3) is 42.1 Å². The first-order valence-corrected chi connectivity index (χ1v) is 8.76. The van der Waals surface area contributed by atoms with Crippen molar-refractivity contribution in [3.63, 3.8) is 0 Å². The van der Waals surface area contributed by atoms with Crippen molar-refractivity contribution in [3.05, 3.63) is 58.6 Å². The quantitative estimate of drug-likeness (QED) is 0.286. The summed E-state index contributed by atoms with van der Waals surface area (Å²) in [6.45, 7) is 2.14. The van der Waals surface area contributed by atoms with Crippen molar-refractivity contribution < 1.29 is 4.42 Å². The zero-order chi connectivity index (χ0) is 14.8. The number of fused-ring (bicyclic) bond motifs is 7. The Morgan fingerprint density at radius 3 is 2.73 bits per heavy atom. The lowest BCUT2D eigenvalue weighted by atomic mass is 10.1. The van der Waals surface area contributed by atoms with Crippen molar-refractivity contribution in [1.29, 1.82) is 0 Å². The molecule has 0 bridgehead atoms. The number of halogens is 1. The zero-order valence-electron chi connectivity index (χ0n) is 11.8. The first-order valence-electron chi connectivity index (χ1n) is 7.15. The van der Waals surface area contributed by atoms with E-state index in [4.69, 9.17) is 4.42 Å². The van der Waals surface area contributed by atoms with Gasteiger partial charge in [0.1, 0.15) is 11.2 Å². The zero-order valence-corrected chi connectivity index (χ0v) is 14.2. The summed E-state index contributed by atoms with van der Waals surface area (Å²) in [5, 5.41) is 4.90. The highest BCUT2D eigenvalue weighted by Crippen LogP contribution is 2.45. The van der Waals surface area contributed by atoms with E-state index in [2.05, 4.69) is 71.4 Å². The topological polar surface area (TPSA) is 13.1 Å². The summed E-state index contributed by atoms with van der Waals surface area (Å²) < 4.78 is 9.94. The van der Waals surface area contributed by atoms with Gasteiger partial charge in [0.25, 0.3) is 0 Å². The van der Waals surface area contributed by atoms with Gasteiger partial charge in [0.2, 0.25) is 0 Å². The van der Waals surface area contributed by atoms with Crippen LogP contribution in [0.3, 0.4) is 0 Å². The van der Waals surface area contributed by atoms with Gasteiger partial charge in [0.15, 0.2) is 0 Å². The molecule has 0 amide bonds. The molecule has 0 spiro atoms. The molecule has 0 N–H and O–H groups in total. The minimum atomic E-state index is 0.963. The maximum absolute atomic E-state index is 6.25. The maximum Gasteiger partial charge on any atom is 0.144 e. The Morgan fingerprint density at radius 1 is 0.955 bits per heavy atom. The second-order valence-electron chi connectivity index (χ2n) is 5.59. The van der Waals surface area contributed by atoms with Crippen molar-refractivity contribution in [2.75, 3.05) is 0 Å². The molecule has 3 aromatic carbocycles. The Balaban J connectivity index is 2.17. The number of rotatable bonds is 0. The smallest absolute Gasteiger partial charge is 0.144 e. The lowest BCUT2D eigenvalue weighted by Gasteiger charge is -1.98. The molecule has 2 aromatic heterocycles. The summed E-state index contributed by atoms with van der Waals surface area (Å²) in [5.41, 5.74) is 3.21. The Labute approximate surface area is 139 Å². The van der Waals surface area contributed by atoms with Crippen molar-refractivity contribution in [1.82, 2.24) is 0 Å². The van der Waals surface area contributed by atoms with Crippen molar-refractivity contribution in [2.45, 2.75) is 6.92 Å². The van der Waals surface area contributed by atoms with Crippen LogP contribution in [0, 0.1) is 6.92 Å². The SMILES string of the molecule is Cc1cccc2oc3c(cc(Br)c4sc5ccccc5c43)c12. The molecule has 0 aliphatic rings. The fourth-order valence-electron chi connectivity index (χ4n) is 3.30. The van der Waals surface area contributed by atoms with Crippen molar-refractivity contribution in [2.24, 2.45) is 0 Å². The molecular formula is C19H11BrOS. The predicted octanol–water partition coefficient (Wildman–Crippen LogP) is 7.02. The van der Waals surface area contributed by atoms with Gasteiger partial charge >= 0.3 is 0 Å². The highest BCUT2D eigenvalue weighted by Gasteiger charge is 2.17. The van der Waals surface area contributed by atoms with Crippen LogP contribution in [0.5, 0.6) is 0 Å². The first kappa shape index (κ1) is 12.7. The molecule has 3 heteroatoms. The van der Waals surface area contributed by atoms with Crippen molar-refractivity contribution in [3.8, 4) is 0 Å². The summed E-state index contributed by atoms with van der Waals surface area (Å²) in [7, 11) is 0. The van der Waals surface area contributed by atoms with Gasteiger partial charge in [0, 0.05) is 30.7 Å². The van der Waals surface area contributed by atoms with Crippen LogP contribution in [0.1, 0.15) is 5.56 Å².